The molecule has 0 fully saturated rings. The van der Waals surface area contributed by atoms with Gasteiger partial charge in [-0.2, -0.15) is 0 Å². The van der Waals surface area contributed by atoms with Gasteiger partial charge in [0.25, 0.3) is 0 Å². The predicted molar refractivity (Wildman–Crippen MR) is 66.1 cm³/mol. The molecule has 4 N–H and O–H groups in total. The molecule has 0 aliphatic carbocycles. The van der Waals surface area contributed by atoms with Crippen molar-refractivity contribution < 1.29 is 25.2 Å². The molecule has 0 bridgehead atoms. The maximum absolute atomic E-state index is 8.65. The van der Waals surface area contributed by atoms with Crippen molar-refractivity contribution >= 4 is 0 Å². The third-order valence-electron chi connectivity index (χ3n) is 1.34. The number of aliphatic hydroxyl groups excluding tert-OH is 2. The van der Waals surface area contributed by atoms with Crippen molar-refractivity contribution in [1.29, 1.82) is 0 Å². The SMILES string of the molecule is CCOCC.OCCO.Oc1cccc(O)c1. The summed E-state index contributed by atoms with van der Waals surface area (Å²) in [5.74, 6) is 0.176. The summed E-state index contributed by atoms with van der Waals surface area (Å²) in [5, 5.41) is 32.6. The van der Waals surface area contributed by atoms with Gasteiger partial charge in [0, 0.05) is 19.3 Å². The second kappa shape index (κ2) is 14.7. The van der Waals surface area contributed by atoms with Gasteiger partial charge in [-0.3, -0.25) is 0 Å². The lowest BCUT2D eigenvalue weighted by molar-refractivity contribution is 0.162. The number of benzene rings is 1. The molecule has 5 nitrogen and oxygen atoms in total. The fraction of sp³-hybridized carbons (Fsp3) is 0.500. The van der Waals surface area contributed by atoms with E-state index in [0.29, 0.717) is 0 Å². The van der Waals surface area contributed by atoms with Crippen molar-refractivity contribution in [3.8, 4) is 11.5 Å². The van der Waals surface area contributed by atoms with Gasteiger partial charge in [0.1, 0.15) is 11.5 Å². The van der Waals surface area contributed by atoms with Gasteiger partial charge in [0.05, 0.1) is 13.2 Å². The Bertz CT molecular complexity index is 231. The molecular weight excluding hydrogens is 224 g/mol. The van der Waals surface area contributed by atoms with E-state index in [-0.39, 0.29) is 24.7 Å². The Morgan fingerprint density at radius 2 is 1.35 bits per heavy atom. The summed E-state index contributed by atoms with van der Waals surface area (Å²) in [6.45, 7) is 5.42. The Balaban J connectivity index is 0. The van der Waals surface area contributed by atoms with Crippen molar-refractivity contribution in [1.82, 2.24) is 0 Å². The van der Waals surface area contributed by atoms with Crippen molar-refractivity contribution in [3.63, 3.8) is 0 Å². The van der Waals surface area contributed by atoms with Crippen LogP contribution in [-0.2, 0) is 4.74 Å². The maximum atomic E-state index is 8.65. The highest BCUT2D eigenvalue weighted by Gasteiger charge is 1.85. The van der Waals surface area contributed by atoms with Crippen LogP contribution in [0.1, 0.15) is 13.8 Å². The lowest BCUT2D eigenvalue weighted by Crippen LogP contribution is -1.85. The topological polar surface area (TPSA) is 90.2 Å². The number of aromatic hydroxyl groups is 2. The fourth-order valence-corrected chi connectivity index (χ4v) is 0.697. The van der Waals surface area contributed by atoms with Gasteiger partial charge in [-0.15, -0.1) is 0 Å². The Morgan fingerprint density at radius 3 is 1.47 bits per heavy atom. The van der Waals surface area contributed by atoms with E-state index in [1.807, 2.05) is 13.8 Å². The Hall–Kier alpha value is -1.30. The van der Waals surface area contributed by atoms with E-state index in [9.17, 15) is 0 Å². The number of rotatable bonds is 3. The molecule has 17 heavy (non-hydrogen) atoms. The molecule has 1 aromatic rings. The third kappa shape index (κ3) is 17.3. The maximum Gasteiger partial charge on any atom is 0.119 e. The molecule has 1 aromatic carbocycles. The largest absolute Gasteiger partial charge is 0.508 e. The van der Waals surface area contributed by atoms with Crippen LogP contribution in [0.4, 0.5) is 0 Å². The zero-order chi connectivity index (χ0) is 13.5. The highest BCUT2D eigenvalue weighted by atomic mass is 16.5. The summed E-state index contributed by atoms with van der Waals surface area (Å²) in [5.41, 5.74) is 0. The Kier molecular flexibility index (Phi) is 15.6. The Labute approximate surface area is 102 Å². The minimum atomic E-state index is -0.125. The molecule has 5 heteroatoms. The number of hydrogen-bond acceptors (Lipinski definition) is 5. The van der Waals surface area contributed by atoms with E-state index in [4.69, 9.17) is 25.2 Å². The van der Waals surface area contributed by atoms with Gasteiger partial charge < -0.3 is 25.2 Å². The normalized spacial score (nSPS) is 8.47. The number of phenolic OH excluding ortho intramolecular Hbond substituents is 2. The minimum Gasteiger partial charge on any atom is -0.508 e. The van der Waals surface area contributed by atoms with Gasteiger partial charge in [-0.25, -0.2) is 0 Å². The van der Waals surface area contributed by atoms with Crippen LogP contribution in [0.3, 0.4) is 0 Å². The van der Waals surface area contributed by atoms with Crippen LogP contribution in [0, 0.1) is 0 Å². The quantitative estimate of drug-likeness (QED) is 0.641. The van der Waals surface area contributed by atoms with E-state index in [2.05, 4.69) is 0 Å². The van der Waals surface area contributed by atoms with Crippen molar-refractivity contribution in [3.05, 3.63) is 24.3 Å². The predicted octanol–water partition coefficient (Wildman–Crippen LogP) is 1.11. The molecule has 1 rings (SSSR count). The highest BCUT2D eigenvalue weighted by molar-refractivity contribution is 5.30. The van der Waals surface area contributed by atoms with Crippen LogP contribution in [0.15, 0.2) is 24.3 Å². The number of phenols is 2. The van der Waals surface area contributed by atoms with Crippen LogP contribution >= 0.6 is 0 Å². The van der Waals surface area contributed by atoms with Crippen LogP contribution < -0.4 is 0 Å². The molecule has 0 atom stereocenters. The minimum absolute atomic E-state index is 0.0880. The molecule has 0 saturated heterocycles. The lowest BCUT2D eigenvalue weighted by Gasteiger charge is -1.89. The third-order valence-corrected chi connectivity index (χ3v) is 1.34. The monoisotopic (exact) mass is 246 g/mol. The van der Waals surface area contributed by atoms with Gasteiger partial charge in [-0.1, -0.05) is 6.07 Å². The van der Waals surface area contributed by atoms with E-state index in [1.54, 1.807) is 6.07 Å². The molecule has 0 amide bonds. The van der Waals surface area contributed by atoms with Crippen molar-refractivity contribution in [2.45, 2.75) is 13.8 Å². The van der Waals surface area contributed by atoms with Crippen molar-refractivity contribution in [2.75, 3.05) is 26.4 Å². The van der Waals surface area contributed by atoms with Crippen LogP contribution in [0.25, 0.3) is 0 Å². The molecule has 0 heterocycles. The summed E-state index contributed by atoms with van der Waals surface area (Å²) in [7, 11) is 0. The molecule has 0 aromatic heterocycles. The summed E-state index contributed by atoms with van der Waals surface area (Å²) in [6, 6.07) is 5.85. The summed E-state index contributed by atoms with van der Waals surface area (Å²) >= 11 is 0. The zero-order valence-corrected chi connectivity index (χ0v) is 10.3. The van der Waals surface area contributed by atoms with E-state index >= 15 is 0 Å². The first-order valence-corrected chi connectivity index (χ1v) is 5.39. The molecule has 100 valence electrons. The second-order valence-corrected chi connectivity index (χ2v) is 2.75. The molecule has 0 aliphatic heterocycles. The van der Waals surface area contributed by atoms with Crippen LogP contribution in [0.2, 0.25) is 0 Å². The van der Waals surface area contributed by atoms with E-state index in [1.165, 1.54) is 18.2 Å². The molecule has 0 saturated carbocycles. The molecule has 0 radical (unpaired) electrons. The Morgan fingerprint density at radius 1 is 0.941 bits per heavy atom. The fourth-order valence-electron chi connectivity index (χ4n) is 0.697. The molecule has 0 unspecified atom stereocenters. The first-order chi connectivity index (χ1) is 8.12. The molecule has 0 spiro atoms. The average Bonchev–Trinajstić information content (AvgIpc) is 2.31. The first-order valence-electron chi connectivity index (χ1n) is 5.39. The number of ether oxygens (including phenoxy) is 1. The average molecular weight is 246 g/mol. The highest BCUT2D eigenvalue weighted by Crippen LogP contribution is 2.14. The summed E-state index contributed by atoms with van der Waals surface area (Å²) in [6.07, 6.45) is 0. The molecule has 0 aliphatic rings. The van der Waals surface area contributed by atoms with Gasteiger partial charge in [-0.05, 0) is 26.0 Å². The van der Waals surface area contributed by atoms with E-state index < -0.39 is 0 Å². The first kappa shape index (κ1) is 18.1. The van der Waals surface area contributed by atoms with Gasteiger partial charge in [0.2, 0.25) is 0 Å². The zero-order valence-electron chi connectivity index (χ0n) is 10.3. The van der Waals surface area contributed by atoms with Crippen LogP contribution in [0.5, 0.6) is 11.5 Å². The number of aliphatic hydroxyl groups is 2. The van der Waals surface area contributed by atoms with Gasteiger partial charge >= 0.3 is 0 Å². The van der Waals surface area contributed by atoms with Crippen molar-refractivity contribution in [2.24, 2.45) is 0 Å². The summed E-state index contributed by atoms with van der Waals surface area (Å²) in [4.78, 5) is 0. The lowest BCUT2D eigenvalue weighted by atomic mass is 10.3. The van der Waals surface area contributed by atoms with E-state index in [0.717, 1.165) is 13.2 Å². The smallest absolute Gasteiger partial charge is 0.119 e. The standard InChI is InChI=1S/C6H6O2.C4H10O.C2H6O2/c7-5-2-1-3-6(8)4-5;1-3-5-4-2;3-1-2-4/h1-4,7-8H;3-4H2,1-2H3;3-4H,1-2H2. The molecular formula is C12H22O5. The van der Waals surface area contributed by atoms with Crippen LogP contribution in [-0.4, -0.2) is 46.9 Å². The second-order valence-electron chi connectivity index (χ2n) is 2.75. The van der Waals surface area contributed by atoms with Gasteiger partial charge in [0.15, 0.2) is 0 Å². The number of hydrogen-bond donors (Lipinski definition) is 4. The summed E-state index contributed by atoms with van der Waals surface area (Å²) < 4.78 is 4.83.